The number of benzene rings is 2. The standard InChI is InChI=1S/C20H23FN2O5S/c1-27-17-8-6-16(7-9-17)23(14-20(24)22-13-18-3-2-12-28-18)29(25,26)19-10-4-15(21)5-11-19/h4-11,18H,2-3,12-14H2,1H3,(H,22,24). The Morgan fingerprint density at radius 2 is 1.90 bits per heavy atom. The van der Waals surface area contributed by atoms with Gasteiger partial charge in [-0.25, -0.2) is 12.8 Å². The second kappa shape index (κ2) is 9.23. The molecule has 0 bridgehead atoms. The fourth-order valence-electron chi connectivity index (χ4n) is 3.02. The molecule has 1 unspecified atom stereocenters. The average Bonchev–Trinajstić information content (AvgIpc) is 3.24. The van der Waals surface area contributed by atoms with E-state index in [2.05, 4.69) is 5.32 Å². The zero-order valence-electron chi connectivity index (χ0n) is 16.0. The maximum absolute atomic E-state index is 13.2. The zero-order chi connectivity index (χ0) is 20.9. The molecule has 156 valence electrons. The molecule has 2 aromatic carbocycles. The molecule has 0 radical (unpaired) electrons. The highest BCUT2D eigenvalue weighted by molar-refractivity contribution is 7.92. The SMILES string of the molecule is COc1ccc(N(CC(=O)NCC2CCCO2)S(=O)(=O)c2ccc(F)cc2)cc1. The van der Waals surface area contributed by atoms with Crippen LogP contribution in [0, 0.1) is 5.82 Å². The Morgan fingerprint density at radius 1 is 1.21 bits per heavy atom. The number of anilines is 1. The van der Waals surface area contributed by atoms with Crippen molar-refractivity contribution in [2.45, 2.75) is 23.8 Å². The molecule has 0 saturated carbocycles. The van der Waals surface area contributed by atoms with E-state index in [0.717, 1.165) is 29.3 Å². The van der Waals surface area contributed by atoms with Gasteiger partial charge in [-0.2, -0.15) is 0 Å². The summed E-state index contributed by atoms with van der Waals surface area (Å²) < 4.78 is 51.1. The number of nitrogens with zero attached hydrogens (tertiary/aromatic N) is 1. The summed E-state index contributed by atoms with van der Waals surface area (Å²) >= 11 is 0. The highest BCUT2D eigenvalue weighted by Gasteiger charge is 2.28. The monoisotopic (exact) mass is 422 g/mol. The van der Waals surface area contributed by atoms with E-state index < -0.39 is 28.3 Å². The molecule has 1 aliphatic heterocycles. The summed E-state index contributed by atoms with van der Waals surface area (Å²) in [6, 6.07) is 10.8. The normalized spacial score (nSPS) is 16.4. The fourth-order valence-corrected chi connectivity index (χ4v) is 4.44. The maximum atomic E-state index is 13.2. The Hall–Kier alpha value is -2.65. The van der Waals surface area contributed by atoms with Gasteiger partial charge >= 0.3 is 0 Å². The topological polar surface area (TPSA) is 84.9 Å². The van der Waals surface area contributed by atoms with Crippen molar-refractivity contribution in [3.63, 3.8) is 0 Å². The molecule has 7 nitrogen and oxygen atoms in total. The van der Waals surface area contributed by atoms with Gasteiger partial charge in [-0.05, 0) is 61.4 Å². The zero-order valence-corrected chi connectivity index (χ0v) is 16.8. The summed E-state index contributed by atoms with van der Waals surface area (Å²) in [7, 11) is -2.59. The molecule has 0 spiro atoms. The lowest BCUT2D eigenvalue weighted by molar-refractivity contribution is -0.120. The van der Waals surface area contributed by atoms with E-state index in [0.29, 0.717) is 24.6 Å². The van der Waals surface area contributed by atoms with Gasteiger partial charge in [0, 0.05) is 13.2 Å². The third kappa shape index (κ3) is 5.24. The number of carbonyl (C=O) groups is 1. The number of hydrogen-bond acceptors (Lipinski definition) is 5. The van der Waals surface area contributed by atoms with Crippen LogP contribution in [0.2, 0.25) is 0 Å². The minimum Gasteiger partial charge on any atom is -0.497 e. The predicted molar refractivity (Wildman–Crippen MR) is 106 cm³/mol. The van der Waals surface area contributed by atoms with Crippen LogP contribution in [0.1, 0.15) is 12.8 Å². The number of hydrogen-bond donors (Lipinski definition) is 1. The van der Waals surface area contributed by atoms with Crippen LogP contribution in [-0.2, 0) is 19.6 Å². The van der Waals surface area contributed by atoms with Gasteiger partial charge in [-0.15, -0.1) is 0 Å². The summed E-state index contributed by atoms with van der Waals surface area (Å²) in [6.07, 6.45) is 1.75. The summed E-state index contributed by atoms with van der Waals surface area (Å²) in [5.41, 5.74) is 0.294. The van der Waals surface area contributed by atoms with Crippen LogP contribution in [0.4, 0.5) is 10.1 Å². The van der Waals surface area contributed by atoms with E-state index in [1.54, 1.807) is 24.3 Å². The summed E-state index contributed by atoms with van der Waals surface area (Å²) in [5, 5.41) is 2.73. The first-order chi connectivity index (χ1) is 13.9. The predicted octanol–water partition coefficient (Wildman–Crippen LogP) is 2.32. The third-order valence-corrected chi connectivity index (χ3v) is 6.39. The van der Waals surface area contributed by atoms with Crippen molar-refractivity contribution >= 4 is 21.6 Å². The van der Waals surface area contributed by atoms with Gasteiger partial charge in [0.25, 0.3) is 10.0 Å². The second-order valence-corrected chi connectivity index (χ2v) is 8.47. The largest absolute Gasteiger partial charge is 0.497 e. The van der Waals surface area contributed by atoms with Crippen LogP contribution in [0.5, 0.6) is 5.75 Å². The molecule has 1 heterocycles. The molecule has 0 aromatic heterocycles. The molecule has 1 aliphatic rings. The van der Waals surface area contributed by atoms with Crippen molar-refractivity contribution in [3.8, 4) is 5.75 Å². The number of nitrogens with one attached hydrogen (secondary N) is 1. The fraction of sp³-hybridized carbons (Fsp3) is 0.350. The Balaban J connectivity index is 1.84. The number of methoxy groups -OCH3 is 1. The Kier molecular flexibility index (Phi) is 6.71. The molecule has 1 saturated heterocycles. The highest BCUT2D eigenvalue weighted by Crippen LogP contribution is 2.26. The molecule has 1 fully saturated rings. The lowest BCUT2D eigenvalue weighted by atomic mass is 10.2. The molecule has 1 amide bonds. The smallest absolute Gasteiger partial charge is 0.264 e. The Labute approximate surface area is 169 Å². The first-order valence-corrected chi connectivity index (χ1v) is 10.6. The molecule has 1 atom stereocenters. The van der Waals surface area contributed by atoms with Crippen molar-refractivity contribution in [3.05, 3.63) is 54.3 Å². The van der Waals surface area contributed by atoms with Crippen molar-refractivity contribution in [2.75, 3.05) is 31.1 Å². The molecule has 3 rings (SSSR count). The lowest BCUT2D eigenvalue weighted by Gasteiger charge is -2.24. The van der Waals surface area contributed by atoms with Crippen LogP contribution in [0.15, 0.2) is 53.4 Å². The van der Waals surface area contributed by atoms with Crippen LogP contribution in [-0.4, -0.2) is 47.2 Å². The first kappa shape index (κ1) is 21.1. The van der Waals surface area contributed by atoms with E-state index in [9.17, 15) is 17.6 Å². The molecule has 2 aromatic rings. The molecular weight excluding hydrogens is 399 g/mol. The number of ether oxygens (including phenoxy) is 2. The minimum absolute atomic E-state index is 0.0536. The number of halogens is 1. The molecule has 29 heavy (non-hydrogen) atoms. The van der Waals surface area contributed by atoms with Crippen molar-refractivity contribution in [1.82, 2.24) is 5.32 Å². The Bertz CT molecular complexity index is 926. The van der Waals surface area contributed by atoms with E-state index in [-0.39, 0.29) is 11.0 Å². The number of carbonyl (C=O) groups excluding carboxylic acids is 1. The lowest BCUT2D eigenvalue weighted by Crippen LogP contribution is -2.42. The van der Waals surface area contributed by atoms with Crippen LogP contribution in [0.3, 0.4) is 0 Å². The summed E-state index contributed by atoms with van der Waals surface area (Å²) in [6.45, 7) is 0.572. The van der Waals surface area contributed by atoms with Crippen LogP contribution in [0.25, 0.3) is 0 Å². The van der Waals surface area contributed by atoms with Gasteiger partial charge in [0.15, 0.2) is 0 Å². The molecule has 0 aliphatic carbocycles. The van der Waals surface area contributed by atoms with Gasteiger partial charge in [-0.3, -0.25) is 9.10 Å². The van der Waals surface area contributed by atoms with Crippen molar-refractivity contribution < 1.29 is 27.1 Å². The van der Waals surface area contributed by atoms with Crippen LogP contribution >= 0.6 is 0 Å². The molecule has 1 N–H and O–H groups in total. The number of amides is 1. The summed E-state index contributed by atoms with van der Waals surface area (Å²) in [5.74, 6) is -0.452. The minimum atomic E-state index is -4.09. The first-order valence-electron chi connectivity index (χ1n) is 9.21. The maximum Gasteiger partial charge on any atom is 0.264 e. The van der Waals surface area contributed by atoms with Crippen molar-refractivity contribution in [2.24, 2.45) is 0 Å². The summed E-state index contributed by atoms with van der Waals surface area (Å²) in [4.78, 5) is 12.4. The number of rotatable bonds is 8. The van der Waals surface area contributed by atoms with Gasteiger partial charge in [0.1, 0.15) is 18.1 Å². The van der Waals surface area contributed by atoms with Crippen molar-refractivity contribution in [1.29, 1.82) is 0 Å². The van der Waals surface area contributed by atoms with E-state index in [1.165, 1.54) is 19.2 Å². The third-order valence-electron chi connectivity index (χ3n) is 4.60. The quantitative estimate of drug-likeness (QED) is 0.706. The van der Waals surface area contributed by atoms with Crippen LogP contribution < -0.4 is 14.4 Å². The Morgan fingerprint density at radius 3 is 2.48 bits per heavy atom. The number of sulfonamides is 1. The van der Waals surface area contributed by atoms with E-state index in [1.807, 2.05) is 0 Å². The van der Waals surface area contributed by atoms with Gasteiger partial charge < -0.3 is 14.8 Å². The second-order valence-electron chi connectivity index (χ2n) is 6.60. The van der Waals surface area contributed by atoms with Gasteiger partial charge in [-0.1, -0.05) is 0 Å². The highest BCUT2D eigenvalue weighted by atomic mass is 32.2. The van der Waals surface area contributed by atoms with Gasteiger partial charge in [0.05, 0.1) is 23.8 Å². The van der Waals surface area contributed by atoms with E-state index >= 15 is 0 Å². The van der Waals surface area contributed by atoms with E-state index in [4.69, 9.17) is 9.47 Å². The average molecular weight is 422 g/mol. The van der Waals surface area contributed by atoms with Gasteiger partial charge in [0.2, 0.25) is 5.91 Å². The molecule has 9 heteroatoms. The molecular formula is C20H23FN2O5S.